The van der Waals surface area contributed by atoms with Gasteiger partial charge in [-0.1, -0.05) is 19.1 Å². The van der Waals surface area contributed by atoms with Crippen molar-refractivity contribution in [3.05, 3.63) is 60.2 Å². The summed E-state index contributed by atoms with van der Waals surface area (Å²) in [6, 6.07) is 9.59. The van der Waals surface area contributed by atoms with E-state index in [9.17, 15) is 12.8 Å². The van der Waals surface area contributed by atoms with E-state index in [-0.39, 0.29) is 22.6 Å². The highest BCUT2D eigenvalue weighted by atomic mass is 32.2. The molecule has 9 heteroatoms. The minimum Gasteiger partial charge on any atom is -0.488 e. The van der Waals surface area contributed by atoms with Gasteiger partial charge in [0.1, 0.15) is 17.3 Å². The summed E-state index contributed by atoms with van der Waals surface area (Å²) in [5.74, 6) is 0.306. The maximum absolute atomic E-state index is 14.8. The predicted octanol–water partition coefficient (Wildman–Crippen LogP) is 4.02. The molecule has 3 aromatic rings. The highest BCUT2D eigenvalue weighted by molar-refractivity contribution is 7.91. The zero-order valence-corrected chi connectivity index (χ0v) is 19.0. The van der Waals surface area contributed by atoms with Gasteiger partial charge in [0.2, 0.25) is 15.8 Å². The zero-order valence-electron chi connectivity index (χ0n) is 18.2. The van der Waals surface area contributed by atoms with Crippen molar-refractivity contribution < 1.29 is 22.3 Å². The zero-order chi connectivity index (χ0) is 23.0. The van der Waals surface area contributed by atoms with Crippen molar-refractivity contribution in [1.82, 2.24) is 9.97 Å². The van der Waals surface area contributed by atoms with E-state index in [1.807, 2.05) is 12.4 Å². The van der Waals surface area contributed by atoms with Gasteiger partial charge in [0.25, 0.3) is 0 Å². The van der Waals surface area contributed by atoms with Crippen LogP contribution in [-0.2, 0) is 16.3 Å². The Bertz CT molecular complexity index is 1280. The Hall–Kier alpha value is -3.20. The third kappa shape index (κ3) is 4.25. The summed E-state index contributed by atoms with van der Waals surface area (Å²) in [6.45, 7) is 3.24. The fraction of sp³-hybridized carbons (Fsp3) is 0.333. The topological polar surface area (TPSA) is 81.6 Å². The first-order valence-electron chi connectivity index (χ1n) is 10.9. The molecule has 1 aromatic heterocycles. The van der Waals surface area contributed by atoms with E-state index in [1.54, 1.807) is 24.3 Å². The molecule has 0 saturated carbocycles. The van der Waals surface area contributed by atoms with Crippen LogP contribution in [0.4, 0.5) is 10.3 Å². The first-order valence-corrected chi connectivity index (χ1v) is 12.6. The molecule has 0 N–H and O–H groups in total. The normalized spacial score (nSPS) is 18.7. The van der Waals surface area contributed by atoms with E-state index in [1.165, 1.54) is 12.1 Å². The van der Waals surface area contributed by atoms with Gasteiger partial charge in [-0.15, -0.1) is 0 Å². The molecular weight excluding hydrogens is 445 g/mol. The monoisotopic (exact) mass is 469 g/mol. The first kappa shape index (κ1) is 21.6. The quantitative estimate of drug-likeness (QED) is 0.539. The fourth-order valence-corrected chi connectivity index (χ4v) is 5.31. The number of halogens is 1. The van der Waals surface area contributed by atoms with Crippen molar-refractivity contribution >= 4 is 15.8 Å². The standard InChI is InChI=1S/C24H24FN3O4S/c1-2-16-12-26-24(27-13-16)28-9-3-4-19(28)14-31-21-7-5-17(10-20(21)25)18-6-8-23-22(11-18)32-15-33(23,29)30/h5-8,10-13,19H,2-4,9,14-15H2,1H3/t19-/m1/s1. The van der Waals surface area contributed by atoms with Crippen LogP contribution in [0, 0.1) is 5.82 Å². The predicted molar refractivity (Wildman–Crippen MR) is 122 cm³/mol. The van der Waals surface area contributed by atoms with E-state index < -0.39 is 15.7 Å². The summed E-state index contributed by atoms with van der Waals surface area (Å²) < 4.78 is 49.7. The van der Waals surface area contributed by atoms with E-state index >= 15 is 0 Å². The SMILES string of the molecule is CCc1cnc(N2CCC[C@@H]2COc2ccc(-c3ccc4c(c3)OCS4(=O)=O)cc2F)nc1. The Morgan fingerprint density at radius 1 is 1.15 bits per heavy atom. The van der Waals surface area contributed by atoms with Gasteiger partial charge in [-0.3, -0.25) is 0 Å². The van der Waals surface area contributed by atoms with Crippen LogP contribution in [0.1, 0.15) is 25.3 Å². The molecule has 0 bridgehead atoms. The third-order valence-corrected chi connectivity index (χ3v) is 7.51. The molecular formula is C24H24FN3O4S. The van der Waals surface area contributed by atoms with Crippen molar-refractivity contribution in [2.24, 2.45) is 0 Å². The Labute approximate surface area is 192 Å². The number of hydrogen-bond donors (Lipinski definition) is 0. The van der Waals surface area contributed by atoms with Crippen molar-refractivity contribution in [3.8, 4) is 22.6 Å². The van der Waals surface area contributed by atoms with Crippen molar-refractivity contribution in [1.29, 1.82) is 0 Å². The third-order valence-electron chi connectivity index (χ3n) is 6.08. The molecule has 2 aliphatic heterocycles. The van der Waals surface area contributed by atoms with Gasteiger partial charge in [0, 0.05) is 18.9 Å². The maximum Gasteiger partial charge on any atom is 0.225 e. The second-order valence-electron chi connectivity index (χ2n) is 8.23. The number of sulfone groups is 1. The Balaban J connectivity index is 1.28. The van der Waals surface area contributed by atoms with Crippen molar-refractivity contribution in [2.75, 3.05) is 24.0 Å². The van der Waals surface area contributed by atoms with Crippen LogP contribution in [0.25, 0.3) is 11.1 Å². The summed E-state index contributed by atoms with van der Waals surface area (Å²) in [7, 11) is -3.39. The van der Waals surface area contributed by atoms with E-state index in [0.717, 1.165) is 31.4 Å². The number of nitrogens with zero attached hydrogens (tertiary/aromatic N) is 3. The van der Waals surface area contributed by atoms with Crippen molar-refractivity contribution in [3.63, 3.8) is 0 Å². The molecule has 7 nitrogen and oxygen atoms in total. The van der Waals surface area contributed by atoms with Crippen LogP contribution in [-0.4, -0.2) is 43.5 Å². The van der Waals surface area contributed by atoms with Crippen LogP contribution in [0.3, 0.4) is 0 Å². The van der Waals surface area contributed by atoms with Crippen LogP contribution in [0.15, 0.2) is 53.7 Å². The van der Waals surface area contributed by atoms with Gasteiger partial charge in [0.15, 0.2) is 17.5 Å². The molecule has 0 radical (unpaired) electrons. The average Bonchev–Trinajstić information content (AvgIpc) is 3.42. The van der Waals surface area contributed by atoms with Gasteiger partial charge in [-0.2, -0.15) is 0 Å². The largest absolute Gasteiger partial charge is 0.488 e. The minimum absolute atomic E-state index is 0.0763. The molecule has 33 heavy (non-hydrogen) atoms. The molecule has 3 heterocycles. The molecule has 5 rings (SSSR count). The average molecular weight is 470 g/mol. The highest BCUT2D eigenvalue weighted by Gasteiger charge is 2.29. The lowest BCUT2D eigenvalue weighted by Crippen LogP contribution is -2.35. The second-order valence-corrected chi connectivity index (χ2v) is 10.1. The second kappa shape index (κ2) is 8.62. The van der Waals surface area contributed by atoms with Crippen LogP contribution >= 0.6 is 0 Å². The number of ether oxygens (including phenoxy) is 2. The Morgan fingerprint density at radius 2 is 1.91 bits per heavy atom. The van der Waals surface area contributed by atoms with E-state index in [2.05, 4.69) is 21.8 Å². The Kier molecular flexibility index (Phi) is 5.65. The molecule has 1 saturated heterocycles. The number of aryl methyl sites for hydroxylation is 1. The molecule has 0 spiro atoms. The van der Waals surface area contributed by atoms with Crippen LogP contribution in [0.5, 0.6) is 11.5 Å². The molecule has 0 aliphatic carbocycles. The van der Waals surface area contributed by atoms with Gasteiger partial charge in [0.05, 0.1) is 6.04 Å². The number of benzene rings is 2. The van der Waals surface area contributed by atoms with Gasteiger partial charge in [-0.05, 0) is 60.2 Å². The number of anilines is 1. The lowest BCUT2D eigenvalue weighted by atomic mass is 10.1. The number of aromatic nitrogens is 2. The summed E-state index contributed by atoms with van der Waals surface area (Å²) in [5.41, 5.74) is 2.37. The summed E-state index contributed by atoms with van der Waals surface area (Å²) in [4.78, 5) is 11.2. The first-order chi connectivity index (χ1) is 15.9. The Morgan fingerprint density at radius 3 is 2.67 bits per heavy atom. The van der Waals surface area contributed by atoms with E-state index in [4.69, 9.17) is 9.47 Å². The van der Waals surface area contributed by atoms with Gasteiger partial charge < -0.3 is 14.4 Å². The number of hydrogen-bond acceptors (Lipinski definition) is 7. The lowest BCUT2D eigenvalue weighted by molar-refractivity contribution is 0.275. The van der Waals surface area contributed by atoms with Crippen LogP contribution in [0.2, 0.25) is 0 Å². The minimum atomic E-state index is -3.39. The molecule has 172 valence electrons. The summed E-state index contributed by atoms with van der Waals surface area (Å²) in [6.07, 6.45) is 6.51. The number of rotatable bonds is 6. The molecule has 2 aliphatic rings. The summed E-state index contributed by atoms with van der Waals surface area (Å²) >= 11 is 0. The van der Waals surface area contributed by atoms with E-state index in [0.29, 0.717) is 29.4 Å². The lowest BCUT2D eigenvalue weighted by Gasteiger charge is -2.24. The molecule has 1 atom stereocenters. The smallest absolute Gasteiger partial charge is 0.225 e. The molecule has 0 unspecified atom stereocenters. The summed E-state index contributed by atoms with van der Waals surface area (Å²) in [5, 5.41) is 0. The highest BCUT2D eigenvalue weighted by Crippen LogP contribution is 2.36. The molecule has 1 fully saturated rings. The van der Waals surface area contributed by atoms with Crippen LogP contribution < -0.4 is 14.4 Å². The van der Waals surface area contributed by atoms with Crippen molar-refractivity contribution in [2.45, 2.75) is 37.1 Å². The van der Waals surface area contributed by atoms with Gasteiger partial charge >= 0.3 is 0 Å². The van der Waals surface area contributed by atoms with Gasteiger partial charge in [-0.25, -0.2) is 22.8 Å². The number of fused-ring (bicyclic) bond motifs is 1. The molecule has 0 amide bonds. The molecule has 2 aromatic carbocycles. The fourth-order valence-electron chi connectivity index (χ4n) is 4.20. The maximum atomic E-state index is 14.8.